The highest BCUT2D eigenvalue weighted by atomic mass is 15.2. The quantitative estimate of drug-likeness (QED) is 0.792. The molecule has 0 bridgehead atoms. The maximum absolute atomic E-state index is 8.94. The summed E-state index contributed by atoms with van der Waals surface area (Å²) in [5.74, 6) is 0. The van der Waals surface area contributed by atoms with Crippen molar-refractivity contribution >= 4 is 11.4 Å². The average Bonchev–Trinajstić information content (AvgIpc) is 2.28. The van der Waals surface area contributed by atoms with E-state index in [1.54, 1.807) is 6.07 Å². The van der Waals surface area contributed by atoms with E-state index in [2.05, 4.69) is 31.7 Å². The first-order chi connectivity index (χ1) is 7.44. The Morgan fingerprint density at radius 3 is 2.56 bits per heavy atom. The van der Waals surface area contributed by atoms with E-state index in [1.807, 2.05) is 19.2 Å². The molecule has 1 rings (SSSR count). The third kappa shape index (κ3) is 2.11. The first kappa shape index (κ1) is 12.4. The van der Waals surface area contributed by atoms with Gasteiger partial charge in [-0.15, -0.1) is 0 Å². The molecule has 86 valence electrons. The van der Waals surface area contributed by atoms with Crippen LogP contribution in [0.1, 0.15) is 32.8 Å². The van der Waals surface area contributed by atoms with Crippen LogP contribution in [0, 0.1) is 11.3 Å². The molecule has 0 radical (unpaired) electrons. The van der Waals surface area contributed by atoms with Crippen LogP contribution in [0.25, 0.3) is 0 Å². The van der Waals surface area contributed by atoms with Crippen molar-refractivity contribution in [1.29, 1.82) is 5.26 Å². The van der Waals surface area contributed by atoms with Gasteiger partial charge in [-0.25, -0.2) is 0 Å². The summed E-state index contributed by atoms with van der Waals surface area (Å²) in [7, 11) is 2.01. The lowest BCUT2D eigenvalue weighted by Crippen LogP contribution is -2.40. The van der Waals surface area contributed by atoms with E-state index in [4.69, 9.17) is 11.0 Å². The summed E-state index contributed by atoms with van der Waals surface area (Å²) in [6.07, 6.45) is 1.01. The molecule has 1 aromatic carbocycles. The van der Waals surface area contributed by atoms with Crippen molar-refractivity contribution in [2.45, 2.75) is 32.7 Å². The number of benzene rings is 1. The first-order valence-electron chi connectivity index (χ1n) is 5.46. The lowest BCUT2D eigenvalue weighted by Gasteiger charge is -2.37. The van der Waals surface area contributed by atoms with Gasteiger partial charge in [-0.3, -0.25) is 0 Å². The lowest BCUT2D eigenvalue weighted by atomic mass is 9.98. The minimum Gasteiger partial charge on any atom is -0.396 e. The normalized spacial score (nSPS) is 10.9. The Labute approximate surface area is 97.5 Å². The molecule has 0 aliphatic carbocycles. The molecule has 3 heteroatoms. The standard InChI is InChI=1S/C13H19N3/c1-5-13(2,3)16(4)11-8-6-7-10(9-14)12(11)15/h6-8H,5,15H2,1-4H3. The second-order valence-corrected chi connectivity index (χ2v) is 4.58. The zero-order valence-electron chi connectivity index (χ0n) is 10.4. The van der Waals surface area contributed by atoms with Crippen molar-refractivity contribution in [1.82, 2.24) is 0 Å². The highest BCUT2D eigenvalue weighted by Gasteiger charge is 2.23. The third-order valence-electron chi connectivity index (χ3n) is 3.34. The molecule has 2 N–H and O–H groups in total. The van der Waals surface area contributed by atoms with Gasteiger partial charge in [0.1, 0.15) is 6.07 Å². The average molecular weight is 217 g/mol. The van der Waals surface area contributed by atoms with E-state index in [0.29, 0.717) is 11.3 Å². The van der Waals surface area contributed by atoms with Crippen LogP contribution in [0.15, 0.2) is 18.2 Å². The summed E-state index contributed by atoms with van der Waals surface area (Å²) in [6, 6.07) is 7.67. The van der Waals surface area contributed by atoms with Gasteiger partial charge in [-0.1, -0.05) is 13.0 Å². The molecule has 0 amide bonds. The molecule has 1 aromatic rings. The van der Waals surface area contributed by atoms with E-state index in [1.165, 1.54) is 0 Å². The Balaban J connectivity index is 3.20. The number of rotatable bonds is 3. The van der Waals surface area contributed by atoms with E-state index in [9.17, 15) is 0 Å². The Morgan fingerprint density at radius 2 is 2.06 bits per heavy atom. The molecule has 3 nitrogen and oxygen atoms in total. The molecule has 0 saturated carbocycles. The van der Waals surface area contributed by atoms with Crippen molar-refractivity contribution in [3.05, 3.63) is 23.8 Å². The zero-order chi connectivity index (χ0) is 12.3. The van der Waals surface area contributed by atoms with Crippen LogP contribution in [0.3, 0.4) is 0 Å². The van der Waals surface area contributed by atoms with Crippen molar-refractivity contribution in [3.63, 3.8) is 0 Å². The first-order valence-corrected chi connectivity index (χ1v) is 5.46. The number of nitrogens with zero attached hydrogens (tertiary/aromatic N) is 2. The highest BCUT2D eigenvalue weighted by molar-refractivity contribution is 5.74. The van der Waals surface area contributed by atoms with E-state index in [-0.39, 0.29) is 5.54 Å². The van der Waals surface area contributed by atoms with Crippen LogP contribution >= 0.6 is 0 Å². The summed E-state index contributed by atoms with van der Waals surface area (Å²) in [6.45, 7) is 6.46. The number of hydrogen-bond donors (Lipinski definition) is 1. The summed E-state index contributed by atoms with van der Waals surface area (Å²) in [5, 5.41) is 8.94. The lowest BCUT2D eigenvalue weighted by molar-refractivity contribution is 0.471. The minimum atomic E-state index is 0.0300. The SMILES string of the molecule is CCC(C)(C)N(C)c1cccc(C#N)c1N. The van der Waals surface area contributed by atoms with Gasteiger partial charge in [-0.05, 0) is 32.4 Å². The number of para-hydroxylation sites is 1. The molecule has 0 heterocycles. The van der Waals surface area contributed by atoms with E-state index < -0.39 is 0 Å². The Kier molecular flexibility index (Phi) is 3.44. The Morgan fingerprint density at radius 1 is 1.44 bits per heavy atom. The molecular formula is C13H19N3. The van der Waals surface area contributed by atoms with Crippen molar-refractivity contribution in [2.75, 3.05) is 17.7 Å². The number of nitriles is 1. The fraction of sp³-hybridized carbons (Fsp3) is 0.462. The van der Waals surface area contributed by atoms with Gasteiger partial charge in [0.15, 0.2) is 0 Å². The van der Waals surface area contributed by atoms with Crippen molar-refractivity contribution in [2.24, 2.45) is 0 Å². The fourth-order valence-electron chi connectivity index (χ4n) is 1.51. The molecule has 0 spiro atoms. The van der Waals surface area contributed by atoms with Crippen LogP contribution in [-0.2, 0) is 0 Å². The number of nitrogen functional groups attached to an aromatic ring is 1. The van der Waals surface area contributed by atoms with Crippen molar-refractivity contribution < 1.29 is 0 Å². The van der Waals surface area contributed by atoms with Gasteiger partial charge < -0.3 is 10.6 Å². The zero-order valence-corrected chi connectivity index (χ0v) is 10.4. The maximum Gasteiger partial charge on any atom is 0.101 e. The molecule has 0 unspecified atom stereocenters. The van der Waals surface area contributed by atoms with Gasteiger partial charge >= 0.3 is 0 Å². The summed E-state index contributed by atoms with van der Waals surface area (Å²) < 4.78 is 0. The van der Waals surface area contributed by atoms with Crippen molar-refractivity contribution in [3.8, 4) is 6.07 Å². The van der Waals surface area contributed by atoms with Gasteiger partial charge in [0.2, 0.25) is 0 Å². The summed E-state index contributed by atoms with van der Waals surface area (Å²) >= 11 is 0. The van der Waals surface area contributed by atoms with E-state index >= 15 is 0 Å². The van der Waals surface area contributed by atoms with Crippen LogP contribution in [0.4, 0.5) is 11.4 Å². The molecule has 0 fully saturated rings. The second-order valence-electron chi connectivity index (χ2n) is 4.58. The predicted molar refractivity (Wildman–Crippen MR) is 68.3 cm³/mol. The summed E-state index contributed by atoms with van der Waals surface area (Å²) in [4.78, 5) is 2.13. The van der Waals surface area contributed by atoms with Crippen LogP contribution in [0.5, 0.6) is 0 Å². The Hall–Kier alpha value is -1.69. The molecular weight excluding hydrogens is 198 g/mol. The van der Waals surface area contributed by atoms with Gasteiger partial charge in [0.25, 0.3) is 0 Å². The van der Waals surface area contributed by atoms with Crippen LogP contribution < -0.4 is 10.6 Å². The topological polar surface area (TPSA) is 53.0 Å². The second kappa shape index (κ2) is 4.44. The van der Waals surface area contributed by atoms with Crippen LogP contribution in [0.2, 0.25) is 0 Å². The predicted octanol–water partition coefficient (Wildman–Crippen LogP) is 2.77. The molecule has 0 aliphatic heterocycles. The molecule has 0 atom stereocenters. The van der Waals surface area contributed by atoms with Gasteiger partial charge in [-0.2, -0.15) is 5.26 Å². The number of nitrogens with two attached hydrogens (primary N) is 1. The third-order valence-corrected chi connectivity index (χ3v) is 3.34. The molecule has 0 saturated heterocycles. The monoisotopic (exact) mass is 217 g/mol. The smallest absolute Gasteiger partial charge is 0.101 e. The summed E-state index contributed by atoms with van der Waals surface area (Å²) in [5.41, 5.74) is 8.04. The largest absolute Gasteiger partial charge is 0.396 e. The van der Waals surface area contributed by atoms with E-state index in [0.717, 1.165) is 12.1 Å². The molecule has 0 aromatic heterocycles. The Bertz CT molecular complexity index is 416. The number of hydrogen-bond acceptors (Lipinski definition) is 3. The van der Waals surface area contributed by atoms with Crippen LogP contribution in [-0.4, -0.2) is 12.6 Å². The maximum atomic E-state index is 8.94. The highest BCUT2D eigenvalue weighted by Crippen LogP contribution is 2.31. The molecule has 16 heavy (non-hydrogen) atoms. The van der Waals surface area contributed by atoms with Gasteiger partial charge in [0, 0.05) is 12.6 Å². The number of anilines is 2. The minimum absolute atomic E-state index is 0.0300. The molecule has 0 aliphatic rings. The fourth-order valence-corrected chi connectivity index (χ4v) is 1.51. The van der Waals surface area contributed by atoms with Gasteiger partial charge in [0.05, 0.1) is 16.9 Å².